The van der Waals surface area contributed by atoms with Crippen molar-refractivity contribution in [1.29, 1.82) is 0 Å². The number of carbonyl (C=O) groups is 1. The molecule has 1 rings (SSSR count). The van der Waals surface area contributed by atoms with E-state index >= 15 is 0 Å². The molecule has 0 radical (unpaired) electrons. The molecule has 1 saturated heterocycles. The van der Waals surface area contributed by atoms with Gasteiger partial charge < -0.3 is 4.90 Å². The van der Waals surface area contributed by atoms with Crippen LogP contribution >= 0.6 is 11.8 Å². The van der Waals surface area contributed by atoms with E-state index in [0.29, 0.717) is 17.9 Å². The SMILES string of the molecule is CCCCS[C@H](C)C(=O)N1C[C@@H](C)CCC[C@H]1C. The van der Waals surface area contributed by atoms with Gasteiger partial charge in [-0.05, 0) is 44.8 Å². The average molecular weight is 271 g/mol. The predicted octanol–water partition coefficient (Wildman–Crippen LogP) is 3.95. The molecule has 1 amide bonds. The third-order valence-corrected chi connectivity index (χ3v) is 5.08. The first kappa shape index (κ1) is 15.9. The molecule has 0 unspecified atom stereocenters. The lowest BCUT2D eigenvalue weighted by atomic mass is 10.1. The first-order valence-electron chi connectivity index (χ1n) is 7.48. The van der Waals surface area contributed by atoms with E-state index < -0.39 is 0 Å². The van der Waals surface area contributed by atoms with Crippen molar-refractivity contribution in [3.63, 3.8) is 0 Å². The van der Waals surface area contributed by atoms with Crippen LogP contribution in [0.3, 0.4) is 0 Å². The summed E-state index contributed by atoms with van der Waals surface area (Å²) >= 11 is 1.82. The molecular weight excluding hydrogens is 242 g/mol. The Balaban J connectivity index is 2.51. The van der Waals surface area contributed by atoms with Crippen LogP contribution in [0.25, 0.3) is 0 Å². The van der Waals surface area contributed by atoms with Crippen LogP contribution in [0.5, 0.6) is 0 Å². The third-order valence-electron chi connectivity index (χ3n) is 3.86. The average Bonchev–Trinajstić information content (AvgIpc) is 2.50. The van der Waals surface area contributed by atoms with Crippen molar-refractivity contribution in [1.82, 2.24) is 4.90 Å². The normalized spacial score (nSPS) is 26.8. The van der Waals surface area contributed by atoms with Crippen LogP contribution in [0.15, 0.2) is 0 Å². The first-order valence-corrected chi connectivity index (χ1v) is 8.53. The molecule has 1 fully saturated rings. The quantitative estimate of drug-likeness (QED) is 0.706. The van der Waals surface area contributed by atoms with Gasteiger partial charge in [0.2, 0.25) is 5.91 Å². The summed E-state index contributed by atoms with van der Waals surface area (Å²) in [5, 5.41) is 0.129. The fourth-order valence-electron chi connectivity index (χ4n) is 2.54. The van der Waals surface area contributed by atoms with E-state index in [-0.39, 0.29) is 5.25 Å². The van der Waals surface area contributed by atoms with E-state index in [1.807, 2.05) is 11.8 Å². The van der Waals surface area contributed by atoms with Gasteiger partial charge >= 0.3 is 0 Å². The number of unbranched alkanes of at least 4 members (excludes halogenated alkanes) is 1. The van der Waals surface area contributed by atoms with E-state index in [4.69, 9.17) is 0 Å². The Labute approximate surface area is 117 Å². The van der Waals surface area contributed by atoms with Crippen LogP contribution in [-0.4, -0.2) is 34.4 Å². The van der Waals surface area contributed by atoms with Gasteiger partial charge in [0.1, 0.15) is 0 Å². The molecule has 1 aliphatic rings. The summed E-state index contributed by atoms with van der Waals surface area (Å²) in [7, 11) is 0. The zero-order chi connectivity index (χ0) is 13.5. The smallest absolute Gasteiger partial charge is 0.235 e. The molecule has 3 atom stereocenters. The Kier molecular flexibility index (Phi) is 7.13. The van der Waals surface area contributed by atoms with Gasteiger partial charge in [-0.3, -0.25) is 4.79 Å². The molecule has 106 valence electrons. The van der Waals surface area contributed by atoms with Crippen molar-refractivity contribution in [2.24, 2.45) is 5.92 Å². The van der Waals surface area contributed by atoms with Crippen molar-refractivity contribution < 1.29 is 4.79 Å². The lowest BCUT2D eigenvalue weighted by Gasteiger charge is -2.31. The van der Waals surface area contributed by atoms with Crippen LogP contribution in [0.2, 0.25) is 0 Å². The monoisotopic (exact) mass is 271 g/mol. The second-order valence-corrected chi connectivity index (χ2v) is 7.19. The number of hydrogen-bond acceptors (Lipinski definition) is 2. The number of amides is 1. The molecule has 0 N–H and O–H groups in total. The van der Waals surface area contributed by atoms with Crippen LogP contribution in [0.4, 0.5) is 0 Å². The maximum absolute atomic E-state index is 12.5. The zero-order valence-electron chi connectivity index (χ0n) is 12.4. The number of nitrogens with zero attached hydrogens (tertiary/aromatic N) is 1. The summed E-state index contributed by atoms with van der Waals surface area (Å²) in [6.45, 7) is 9.71. The third kappa shape index (κ3) is 4.83. The van der Waals surface area contributed by atoms with Crippen molar-refractivity contribution in [2.75, 3.05) is 12.3 Å². The number of hydrogen-bond donors (Lipinski definition) is 0. The highest BCUT2D eigenvalue weighted by molar-refractivity contribution is 8.00. The molecule has 1 aliphatic heterocycles. The minimum absolute atomic E-state index is 0.129. The molecule has 0 aliphatic carbocycles. The minimum Gasteiger partial charge on any atom is -0.339 e. The van der Waals surface area contributed by atoms with E-state index in [9.17, 15) is 4.79 Å². The second kappa shape index (κ2) is 8.08. The molecule has 0 saturated carbocycles. The molecule has 0 aromatic heterocycles. The Morgan fingerprint density at radius 2 is 2.11 bits per heavy atom. The summed E-state index contributed by atoms with van der Waals surface area (Å²) in [4.78, 5) is 14.6. The largest absolute Gasteiger partial charge is 0.339 e. The van der Waals surface area contributed by atoms with E-state index in [0.717, 1.165) is 12.3 Å². The Morgan fingerprint density at radius 1 is 1.39 bits per heavy atom. The molecule has 2 nitrogen and oxygen atoms in total. The van der Waals surface area contributed by atoms with Gasteiger partial charge in [0.05, 0.1) is 5.25 Å². The van der Waals surface area contributed by atoms with Crippen LogP contribution in [-0.2, 0) is 4.79 Å². The molecule has 3 heteroatoms. The van der Waals surface area contributed by atoms with Gasteiger partial charge in [0.25, 0.3) is 0 Å². The number of thioether (sulfide) groups is 1. The summed E-state index contributed by atoms with van der Waals surface area (Å²) in [6, 6.07) is 0.427. The highest BCUT2D eigenvalue weighted by Crippen LogP contribution is 2.24. The van der Waals surface area contributed by atoms with Crippen molar-refractivity contribution >= 4 is 17.7 Å². The van der Waals surface area contributed by atoms with Crippen LogP contribution in [0, 0.1) is 5.92 Å². The molecule has 0 spiro atoms. The maximum atomic E-state index is 12.5. The lowest BCUT2D eigenvalue weighted by molar-refractivity contribution is -0.132. The van der Waals surface area contributed by atoms with Gasteiger partial charge in [0, 0.05) is 12.6 Å². The van der Waals surface area contributed by atoms with Crippen LogP contribution < -0.4 is 0 Å². The highest BCUT2D eigenvalue weighted by Gasteiger charge is 2.28. The fourth-order valence-corrected chi connectivity index (χ4v) is 3.63. The van der Waals surface area contributed by atoms with Gasteiger partial charge in [-0.1, -0.05) is 26.7 Å². The summed E-state index contributed by atoms with van der Waals surface area (Å²) in [5.41, 5.74) is 0. The number of likely N-dealkylation sites (tertiary alicyclic amines) is 1. The molecule has 1 heterocycles. The van der Waals surface area contributed by atoms with Gasteiger partial charge in [0.15, 0.2) is 0 Å². The standard InChI is InChI=1S/C15H29NOS/c1-5-6-10-18-14(4)15(17)16-11-12(2)8-7-9-13(16)3/h12-14H,5-11H2,1-4H3/t12-,13+,14+/m0/s1. The van der Waals surface area contributed by atoms with E-state index in [1.165, 1.54) is 32.1 Å². The minimum atomic E-state index is 0.129. The Bertz CT molecular complexity index is 257. The van der Waals surface area contributed by atoms with Gasteiger partial charge in [-0.25, -0.2) is 0 Å². The Hall–Kier alpha value is -0.180. The summed E-state index contributed by atoms with van der Waals surface area (Å²) in [6.07, 6.45) is 6.14. The number of carbonyl (C=O) groups excluding carboxylic acids is 1. The topological polar surface area (TPSA) is 20.3 Å². The van der Waals surface area contributed by atoms with E-state index in [1.54, 1.807) is 0 Å². The lowest BCUT2D eigenvalue weighted by Crippen LogP contribution is -2.43. The van der Waals surface area contributed by atoms with Crippen LogP contribution in [0.1, 0.15) is 59.8 Å². The van der Waals surface area contributed by atoms with Crippen molar-refractivity contribution in [3.05, 3.63) is 0 Å². The van der Waals surface area contributed by atoms with Gasteiger partial charge in [-0.15, -0.1) is 11.8 Å². The molecule has 0 bridgehead atoms. The van der Waals surface area contributed by atoms with E-state index in [2.05, 4.69) is 32.6 Å². The fraction of sp³-hybridized carbons (Fsp3) is 0.933. The molecule has 0 aromatic carbocycles. The zero-order valence-corrected chi connectivity index (χ0v) is 13.3. The molecular formula is C15H29NOS. The Morgan fingerprint density at radius 3 is 2.78 bits per heavy atom. The molecule has 0 aromatic rings. The van der Waals surface area contributed by atoms with Crippen molar-refractivity contribution in [3.8, 4) is 0 Å². The number of rotatable bonds is 5. The highest BCUT2D eigenvalue weighted by atomic mass is 32.2. The van der Waals surface area contributed by atoms with Gasteiger partial charge in [-0.2, -0.15) is 0 Å². The summed E-state index contributed by atoms with van der Waals surface area (Å²) < 4.78 is 0. The predicted molar refractivity (Wildman–Crippen MR) is 81.0 cm³/mol. The summed E-state index contributed by atoms with van der Waals surface area (Å²) in [5.74, 6) is 2.13. The van der Waals surface area contributed by atoms with Crippen molar-refractivity contribution in [2.45, 2.75) is 71.1 Å². The second-order valence-electron chi connectivity index (χ2n) is 5.74. The first-order chi connectivity index (χ1) is 8.56. The maximum Gasteiger partial charge on any atom is 0.235 e. The molecule has 18 heavy (non-hydrogen) atoms.